The molecule has 0 amide bonds. The van der Waals surface area contributed by atoms with Crippen LogP contribution in [-0.2, 0) is 6.54 Å². The number of hydrogen-bond acceptors (Lipinski definition) is 2. The Morgan fingerprint density at radius 2 is 2.21 bits per heavy atom. The Labute approximate surface area is 81.4 Å². The van der Waals surface area contributed by atoms with Crippen LogP contribution in [0.4, 0.5) is 4.39 Å². The highest BCUT2D eigenvalue weighted by Crippen LogP contribution is 2.17. The molecule has 0 saturated carbocycles. The van der Waals surface area contributed by atoms with E-state index < -0.39 is 5.82 Å². The number of ether oxygens (including phenoxy) is 1. The lowest BCUT2D eigenvalue weighted by Crippen LogP contribution is -2.22. The minimum atomic E-state index is -0.421. The van der Waals surface area contributed by atoms with Gasteiger partial charge in [0.2, 0.25) is 0 Å². The van der Waals surface area contributed by atoms with E-state index in [0.29, 0.717) is 5.56 Å². The quantitative estimate of drug-likeness (QED) is 0.550. The van der Waals surface area contributed by atoms with Crippen molar-refractivity contribution < 1.29 is 9.13 Å². The third-order valence-electron chi connectivity index (χ3n) is 1.66. The lowest BCUT2D eigenvalue weighted by atomic mass is 10.2. The molecule has 1 aromatic rings. The molecule has 1 rings (SSSR count). The van der Waals surface area contributed by atoms with Gasteiger partial charge < -0.3 is 16.2 Å². The van der Waals surface area contributed by atoms with E-state index in [1.54, 1.807) is 6.07 Å². The van der Waals surface area contributed by atoms with Crippen LogP contribution in [0.5, 0.6) is 5.75 Å². The normalized spacial score (nSPS) is 9.57. The Bertz CT molecular complexity index is 348. The van der Waals surface area contributed by atoms with Gasteiger partial charge in [-0.15, -0.1) is 0 Å². The summed E-state index contributed by atoms with van der Waals surface area (Å²) in [6.07, 6.45) is 0. The Morgan fingerprint density at radius 3 is 2.71 bits per heavy atom. The molecule has 4 nitrogen and oxygen atoms in total. The van der Waals surface area contributed by atoms with Crippen LogP contribution in [0.1, 0.15) is 5.56 Å². The molecule has 0 aliphatic carbocycles. The van der Waals surface area contributed by atoms with Crippen molar-refractivity contribution in [1.29, 1.82) is 0 Å². The van der Waals surface area contributed by atoms with Crippen molar-refractivity contribution in [1.82, 2.24) is 0 Å². The van der Waals surface area contributed by atoms with Crippen molar-refractivity contribution >= 4 is 5.96 Å². The fraction of sp³-hybridized carbons (Fsp3) is 0.222. The Hall–Kier alpha value is -1.78. The van der Waals surface area contributed by atoms with Gasteiger partial charge in [-0.05, 0) is 17.7 Å². The molecule has 0 aromatic heterocycles. The maximum absolute atomic E-state index is 13.1. The molecule has 14 heavy (non-hydrogen) atoms. The third kappa shape index (κ3) is 2.62. The largest absolute Gasteiger partial charge is 0.494 e. The zero-order chi connectivity index (χ0) is 10.6. The van der Waals surface area contributed by atoms with Crippen LogP contribution < -0.4 is 16.2 Å². The molecule has 4 N–H and O–H groups in total. The number of benzene rings is 1. The number of nitrogens with two attached hydrogens (primary N) is 2. The van der Waals surface area contributed by atoms with Gasteiger partial charge in [-0.1, -0.05) is 6.07 Å². The summed E-state index contributed by atoms with van der Waals surface area (Å²) >= 11 is 0. The maximum atomic E-state index is 13.1. The number of rotatable bonds is 3. The molecular formula is C9H12FN3O. The van der Waals surface area contributed by atoms with Crippen molar-refractivity contribution in [3.8, 4) is 5.75 Å². The molecule has 0 saturated heterocycles. The number of hydrogen-bond donors (Lipinski definition) is 2. The number of methoxy groups -OCH3 is 1. The molecule has 0 aliphatic rings. The molecule has 0 unspecified atom stereocenters. The van der Waals surface area contributed by atoms with Crippen molar-refractivity contribution in [2.75, 3.05) is 7.11 Å². The van der Waals surface area contributed by atoms with Gasteiger partial charge >= 0.3 is 0 Å². The van der Waals surface area contributed by atoms with Gasteiger partial charge in [-0.2, -0.15) is 0 Å². The molecule has 0 aliphatic heterocycles. The SMILES string of the molecule is COc1ccc(CN=C(N)N)cc1F. The number of halogens is 1. The van der Waals surface area contributed by atoms with Gasteiger partial charge in [-0.3, -0.25) is 0 Å². The zero-order valence-corrected chi connectivity index (χ0v) is 7.83. The summed E-state index contributed by atoms with van der Waals surface area (Å²) in [6.45, 7) is 0.267. The van der Waals surface area contributed by atoms with Gasteiger partial charge in [-0.25, -0.2) is 9.38 Å². The second-order valence-corrected chi connectivity index (χ2v) is 2.71. The second-order valence-electron chi connectivity index (χ2n) is 2.71. The number of guanidine groups is 1. The van der Waals surface area contributed by atoms with Crippen LogP contribution in [0.2, 0.25) is 0 Å². The Kier molecular flexibility index (Phi) is 3.28. The van der Waals surface area contributed by atoms with Crippen LogP contribution in [-0.4, -0.2) is 13.1 Å². The molecular weight excluding hydrogens is 185 g/mol. The summed E-state index contributed by atoms with van der Waals surface area (Å²) in [6, 6.07) is 4.58. The predicted molar refractivity (Wildman–Crippen MR) is 52.5 cm³/mol. The van der Waals surface area contributed by atoms with E-state index in [-0.39, 0.29) is 18.3 Å². The van der Waals surface area contributed by atoms with E-state index in [9.17, 15) is 4.39 Å². The Balaban J connectivity index is 2.81. The molecule has 0 fully saturated rings. The molecule has 76 valence electrons. The molecule has 0 heterocycles. The average molecular weight is 197 g/mol. The van der Waals surface area contributed by atoms with E-state index in [0.717, 1.165) is 0 Å². The van der Waals surface area contributed by atoms with Crippen LogP contribution in [0.25, 0.3) is 0 Å². The van der Waals surface area contributed by atoms with Crippen molar-refractivity contribution in [3.63, 3.8) is 0 Å². The molecule has 0 radical (unpaired) electrons. The smallest absolute Gasteiger partial charge is 0.186 e. The average Bonchev–Trinajstić information content (AvgIpc) is 2.15. The summed E-state index contributed by atoms with van der Waals surface area (Å²) in [5.41, 5.74) is 11.0. The first-order chi connectivity index (χ1) is 6.63. The number of nitrogens with zero attached hydrogens (tertiary/aromatic N) is 1. The van der Waals surface area contributed by atoms with Gasteiger partial charge in [0.25, 0.3) is 0 Å². The predicted octanol–water partition coefficient (Wildman–Crippen LogP) is 0.608. The summed E-state index contributed by atoms with van der Waals surface area (Å²) < 4.78 is 17.9. The van der Waals surface area contributed by atoms with Crippen LogP contribution in [0, 0.1) is 5.82 Å². The molecule has 0 spiro atoms. The lowest BCUT2D eigenvalue weighted by molar-refractivity contribution is 0.386. The van der Waals surface area contributed by atoms with Crippen molar-refractivity contribution in [2.24, 2.45) is 16.5 Å². The van der Waals surface area contributed by atoms with E-state index >= 15 is 0 Å². The summed E-state index contributed by atoms with van der Waals surface area (Å²) in [5.74, 6) is -0.226. The molecule has 1 aromatic carbocycles. The van der Waals surface area contributed by atoms with E-state index in [4.69, 9.17) is 16.2 Å². The van der Waals surface area contributed by atoms with Crippen LogP contribution >= 0.6 is 0 Å². The van der Waals surface area contributed by atoms with Crippen LogP contribution in [0.3, 0.4) is 0 Å². The summed E-state index contributed by atoms with van der Waals surface area (Å²) in [5, 5.41) is 0. The standard InChI is InChI=1S/C9H12FN3O/c1-14-8-3-2-6(4-7(8)10)5-13-9(11)12/h2-4H,5H2,1H3,(H4,11,12,13). The minimum Gasteiger partial charge on any atom is -0.494 e. The van der Waals surface area contributed by atoms with E-state index in [2.05, 4.69) is 4.99 Å². The summed E-state index contributed by atoms with van der Waals surface area (Å²) in [7, 11) is 1.41. The first-order valence-electron chi connectivity index (χ1n) is 4.01. The fourth-order valence-corrected chi connectivity index (χ4v) is 0.991. The van der Waals surface area contributed by atoms with Crippen molar-refractivity contribution in [2.45, 2.75) is 6.54 Å². The fourth-order valence-electron chi connectivity index (χ4n) is 0.991. The molecule has 0 atom stereocenters. The molecule has 5 heteroatoms. The van der Waals surface area contributed by atoms with Crippen LogP contribution in [0.15, 0.2) is 23.2 Å². The number of aliphatic imine (C=N–C) groups is 1. The zero-order valence-electron chi connectivity index (χ0n) is 7.83. The molecule has 0 bridgehead atoms. The van der Waals surface area contributed by atoms with E-state index in [1.807, 2.05) is 0 Å². The minimum absolute atomic E-state index is 0.0128. The Morgan fingerprint density at radius 1 is 1.50 bits per heavy atom. The first-order valence-corrected chi connectivity index (χ1v) is 4.01. The monoisotopic (exact) mass is 197 g/mol. The van der Waals surface area contributed by atoms with Crippen molar-refractivity contribution in [3.05, 3.63) is 29.6 Å². The summed E-state index contributed by atoms with van der Waals surface area (Å²) in [4.78, 5) is 3.76. The second kappa shape index (κ2) is 4.45. The first kappa shape index (κ1) is 10.3. The van der Waals surface area contributed by atoms with Gasteiger partial charge in [0.05, 0.1) is 13.7 Å². The van der Waals surface area contributed by atoms with E-state index in [1.165, 1.54) is 19.2 Å². The van der Waals surface area contributed by atoms with Gasteiger partial charge in [0.15, 0.2) is 17.5 Å². The highest BCUT2D eigenvalue weighted by molar-refractivity contribution is 5.75. The topological polar surface area (TPSA) is 73.6 Å². The maximum Gasteiger partial charge on any atom is 0.186 e. The lowest BCUT2D eigenvalue weighted by Gasteiger charge is -2.03. The third-order valence-corrected chi connectivity index (χ3v) is 1.66. The van der Waals surface area contributed by atoms with Gasteiger partial charge in [0, 0.05) is 0 Å². The van der Waals surface area contributed by atoms with Gasteiger partial charge in [0.1, 0.15) is 0 Å². The highest BCUT2D eigenvalue weighted by atomic mass is 19.1. The highest BCUT2D eigenvalue weighted by Gasteiger charge is 2.02.